The van der Waals surface area contributed by atoms with Gasteiger partial charge in [0.1, 0.15) is 0 Å². The molecule has 148 valence electrons. The first-order chi connectivity index (χ1) is 11.2. The van der Waals surface area contributed by atoms with E-state index in [9.17, 15) is 0 Å². The molecule has 0 saturated heterocycles. The van der Waals surface area contributed by atoms with E-state index in [-0.39, 0.29) is 17.0 Å². The topological polar surface area (TPSA) is 0 Å². The van der Waals surface area contributed by atoms with Crippen molar-refractivity contribution in [2.75, 3.05) is 26.2 Å². The number of quaternary nitrogens is 1. The van der Waals surface area contributed by atoms with Crippen molar-refractivity contribution in [3.8, 4) is 0 Å². The maximum absolute atomic E-state index is 2.38. The lowest BCUT2D eigenvalue weighted by Crippen LogP contribution is -3.00. The molecule has 0 amide bonds. The van der Waals surface area contributed by atoms with Crippen LogP contribution in [0, 0.1) is 0 Å². The van der Waals surface area contributed by atoms with Crippen molar-refractivity contribution >= 4 is 0 Å². The van der Waals surface area contributed by atoms with Crippen LogP contribution in [-0.4, -0.2) is 30.7 Å². The van der Waals surface area contributed by atoms with Gasteiger partial charge in [-0.1, -0.05) is 79.1 Å². The predicted molar refractivity (Wildman–Crippen MR) is 107 cm³/mol. The van der Waals surface area contributed by atoms with Gasteiger partial charge in [0.05, 0.1) is 26.2 Å². The van der Waals surface area contributed by atoms with Gasteiger partial charge in [-0.25, -0.2) is 0 Å². The Morgan fingerprint density at radius 3 is 1.04 bits per heavy atom. The van der Waals surface area contributed by atoms with Crippen LogP contribution in [0.3, 0.4) is 0 Å². The summed E-state index contributed by atoms with van der Waals surface area (Å²) in [6.07, 6.45) is 20.0. The average Bonchev–Trinajstić information content (AvgIpc) is 2.54. The average molecular weight is 407 g/mol. The fourth-order valence-electron chi connectivity index (χ4n) is 4.07. The zero-order chi connectivity index (χ0) is 17.2. The van der Waals surface area contributed by atoms with Gasteiger partial charge >= 0.3 is 0 Å². The van der Waals surface area contributed by atoms with Gasteiger partial charge in [-0.3, -0.25) is 0 Å². The lowest BCUT2D eigenvalue weighted by Gasteiger charge is -2.39. The molecule has 1 nitrogen and oxygen atoms in total. The molecule has 0 saturated carbocycles. The lowest BCUT2D eigenvalue weighted by molar-refractivity contribution is -0.928. The highest BCUT2D eigenvalue weighted by Gasteiger charge is 2.24. The van der Waals surface area contributed by atoms with Crippen LogP contribution in [0.5, 0.6) is 0 Å². The fourth-order valence-corrected chi connectivity index (χ4v) is 4.07. The van der Waals surface area contributed by atoms with Gasteiger partial charge in [-0.05, 0) is 38.5 Å². The van der Waals surface area contributed by atoms with Gasteiger partial charge in [0, 0.05) is 0 Å². The third-order valence-electron chi connectivity index (χ3n) is 5.37. The maximum atomic E-state index is 2.38. The van der Waals surface area contributed by atoms with E-state index in [0.717, 1.165) is 0 Å². The van der Waals surface area contributed by atoms with Gasteiger partial charge in [-0.15, -0.1) is 0 Å². The third-order valence-corrected chi connectivity index (χ3v) is 5.37. The molecule has 0 aliphatic rings. The molecule has 0 bridgehead atoms. The van der Waals surface area contributed by atoms with E-state index in [1.54, 1.807) is 0 Å². The highest BCUT2D eigenvalue weighted by molar-refractivity contribution is 4.51. The van der Waals surface area contributed by atoms with Crippen LogP contribution < -0.4 is 17.0 Å². The SMILES string of the molecule is CCCCCCCC[N+](CCC)(CCC)CCCCCCCC.[Br-]. The summed E-state index contributed by atoms with van der Waals surface area (Å²) >= 11 is 0. The number of nitrogens with zero attached hydrogens (tertiary/aromatic N) is 1. The molecular weight excluding hydrogens is 358 g/mol. The van der Waals surface area contributed by atoms with Gasteiger partial charge in [0.25, 0.3) is 0 Å². The lowest BCUT2D eigenvalue weighted by atomic mass is 10.1. The van der Waals surface area contributed by atoms with E-state index in [4.69, 9.17) is 0 Å². The van der Waals surface area contributed by atoms with Crippen molar-refractivity contribution in [1.29, 1.82) is 0 Å². The Hall–Kier alpha value is 0.440. The predicted octanol–water partition coefficient (Wildman–Crippen LogP) is 4.35. The van der Waals surface area contributed by atoms with Crippen molar-refractivity contribution in [2.45, 2.75) is 118 Å². The number of rotatable bonds is 18. The van der Waals surface area contributed by atoms with Crippen LogP contribution in [0.15, 0.2) is 0 Å². The van der Waals surface area contributed by atoms with Crippen LogP contribution in [0.1, 0.15) is 118 Å². The smallest absolute Gasteiger partial charge is 0.0786 e. The quantitative estimate of drug-likeness (QED) is 0.235. The Morgan fingerprint density at radius 2 is 0.708 bits per heavy atom. The standard InChI is InChI=1S/C22H48N.BrH/c1-5-9-11-13-15-17-21-23(19-7-3,20-8-4)22-18-16-14-12-10-6-2;/h5-22H2,1-4H3;1H/q+1;/p-1. The number of hydrogen-bond donors (Lipinski definition) is 0. The Morgan fingerprint density at radius 1 is 0.375 bits per heavy atom. The van der Waals surface area contributed by atoms with Crippen LogP contribution in [0.2, 0.25) is 0 Å². The van der Waals surface area contributed by atoms with E-state index in [1.807, 2.05) is 0 Å². The summed E-state index contributed by atoms with van der Waals surface area (Å²) in [7, 11) is 0. The minimum absolute atomic E-state index is 0. The first kappa shape index (κ1) is 26.7. The molecule has 2 heteroatoms. The van der Waals surface area contributed by atoms with Gasteiger partial charge in [-0.2, -0.15) is 0 Å². The Balaban J connectivity index is 0. The number of unbranched alkanes of at least 4 members (excludes halogenated alkanes) is 10. The Bertz CT molecular complexity index is 206. The molecular formula is C22H48BrN. The molecule has 0 spiro atoms. The molecule has 0 aromatic rings. The molecule has 0 aliphatic heterocycles. The Kier molecular flexibility index (Phi) is 22.0. The monoisotopic (exact) mass is 405 g/mol. The first-order valence-electron chi connectivity index (χ1n) is 11.1. The minimum atomic E-state index is 0. The number of hydrogen-bond acceptors (Lipinski definition) is 0. The van der Waals surface area contributed by atoms with Crippen molar-refractivity contribution in [1.82, 2.24) is 0 Å². The van der Waals surface area contributed by atoms with Crippen molar-refractivity contribution in [2.24, 2.45) is 0 Å². The Labute approximate surface area is 165 Å². The number of halogens is 1. The summed E-state index contributed by atoms with van der Waals surface area (Å²) in [6.45, 7) is 15.1. The first-order valence-corrected chi connectivity index (χ1v) is 11.1. The summed E-state index contributed by atoms with van der Waals surface area (Å²) < 4.78 is 1.43. The molecule has 0 rings (SSSR count). The van der Waals surface area contributed by atoms with Crippen molar-refractivity contribution in [3.05, 3.63) is 0 Å². The zero-order valence-corrected chi connectivity index (χ0v) is 19.1. The molecule has 0 N–H and O–H groups in total. The summed E-state index contributed by atoms with van der Waals surface area (Å²) in [5, 5.41) is 0. The summed E-state index contributed by atoms with van der Waals surface area (Å²) in [4.78, 5) is 0. The van der Waals surface area contributed by atoms with E-state index in [1.165, 1.54) is 121 Å². The molecule has 0 aromatic heterocycles. The largest absolute Gasteiger partial charge is 1.00 e. The van der Waals surface area contributed by atoms with Gasteiger partial charge < -0.3 is 21.5 Å². The van der Waals surface area contributed by atoms with Gasteiger partial charge in [0.2, 0.25) is 0 Å². The molecule has 0 radical (unpaired) electrons. The molecule has 0 unspecified atom stereocenters. The van der Waals surface area contributed by atoms with Crippen molar-refractivity contribution in [3.63, 3.8) is 0 Å². The highest BCUT2D eigenvalue weighted by Crippen LogP contribution is 2.17. The second-order valence-corrected chi connectivity index (χ2v) is 7.77. The summed E-state index contributed by atoms with van der Waals surface area (Å²) in [5.41, 5.74) is 0. The van der Waals surface area contributed by atoms with E-state index in [0.29, 0.717) is 0 Å². The summed E-state index contributed by atoms with van der Waals surface area (Å²) in [5.74, 6) is 0. The second-order valence-electron chi connectivity index (χ2n) is 7.77. The van der Waals surface area contributed by atoms with Crippen LogP contribution in [-0.2, 0) is 0 Å². The van der Waals surface area contributed by atoms with Gasteiger partial charge in [0.15, 0.2) is 0 Å². The minimum Gasteiger partial charge on any atom is -1.00 e. The molecule has 0 heterocycles. The van der Waals surface area contributed by atoms with E-state index >= 15 is 0 Å². The third kappa shape index (κ3) is 14.8. The van der Waals surface area contributed by atoms with Crippen LogP contribution in [0.4, 0.5) is 0 Å². The second kappa shape index (κ2) is 19.8. The van der Waals surface area contributed by atoms with Crippen LogP contribution in [0.25, 0.3) is 0 Å². The van der Waals surface area contributed by atoms with E-state index < -0.39 is 0 Å². The summed E-state index contributed by atoms with van der Waals surface area (Å²) in [6, 6.07) is 0. The van der Waals surface area contributed by atoms with E-state index in [2.05, 4.69) is 27.7 Å². The highest BCUT2D eigenvalue weighted by atomic mass is 79.9. The molecule has 0 fully saturated rings. The molecule has 0 atom stereocenters. The molecule has 24 heavy (non-hydrogen) atoms. The van der Waals surface area contributed by atoms with Crippen molar-refractivity contribution < 1.29 is 21.5 Å². The molecule has 0 aromatic carbocycles. The molecule has 0 aliphatic carbocycles. The zero-order valence-electron chi connectivity index (χ0n) is 17.6. The van der Waals surface area contributed by atoms with Crippen LogP contribution >= 0.6 is 0 Å². The maximum Gasteiger partial charge on any atom is 0.0786 e. The normalized spacial score (nSPS) is 11.5. The fraction of sp³-hybridized carbons (Fsp3) is 1.00.